The molecule has 0 bridgehead atoms. The van der Waals surface area contributed by atoms with Crippen molar-refractivity contribution < 1.29 is 5.11 Å². The molecule has 1 saturated carbocycles. The Labute approximate surface area is 117 Å². The fourth-order valence-electron chi connectivity index (χ4n) is 3.07. The predicted molar refractivity (Wildman–Crippen MR) is 74.2 cm³/mol. The van der Waals surface area contributed by atoms with Crippen LogP contribution in [0.1, 0.15) is 31.7 Å². The van der Waals surface area contributed by atoms with Gasteiger partial charge < -0.3 is 5.11 Å². The van der Waals surface area contributed by atoms with E-state index in [4.69, 9.17) is 23.2 Å². The van der Waals surface area contributed by atoms with Gasteiger partial charge in [-0.15, -0.1) is 0 Å². The first-order chi connectivity index (χ1) is 8.49. The van der Waals surface area contributed by atoms with Gasteiger partial charge in [0, 0.05) is 34.2 Å². The maximum absolute atomic E-state index is 10.9. The second-order valence-electron chi connectivity index (χ2n) is 5.61. The molecule has 1 aliphatic carbocycles. The van der Waals surface area contributed by atoms with Crippen LogP contribution in [0, 0.1) is 0 Å². The van der Waals surface area contributed by atoms with E-state index in [1.165, 1.54) is 12.8 Å². The van der Waals surface area contributed by atoms with Gasteiger partial charge in [-0.1, -0.05) is 23.2 Å². The van der Waals surface area contributed by atoms with Crippen molar-refractivity contribution >= 4 is 23.2 Å². The van der Waals surface area contributed by atoms with Crippen molar-refractivity contribution in [3.05, 3.63) is 33.8 Å². The summed E-state index contributed by atoms with van der Waals surface area (Å²) in [5.74, 6) is 0. The second-order valence-corrected chi connectivity index (χ2v) is 6.46. The van der Waals surface area contributed by atoms with E-state index in [0.29, 0.717) is 28.7 Å². The van der Waals surface area contributed by atoms with Crippen LogP contribution in [0.3, 0.4) is 0 Å². The lowest BCUT2D eigenvalue weighted by Crippen LogP contribution is -2.33. The average Bonchev–Trinajstić information content (AvgIpc) is 3.09. The van der Waals surface area contributed by atoms with Gasteiger partial charge in [0.25, 0.3) is 0 Å². The fourth-order valence-corrected chi connectivity index (χ4v) is 3.54. The van der Waals surface area contributed by atoms with Gasteiger partial charge in [-0.3, -0.25) is 4.90 Å². The third-order valence-corrected chi connectivity index (χ3v) is 4.65. The first-order valence-electron chi connectivity index (χ1n) is 6.43. The van der Waals surface area contributed by atoms with Crippen molar-refractivity contribution in [2.24, 2.45) is 0 Å². The lowest BCUT2D eigenvalue weighted by atomic mass is 9.91. The number of hydrogen-bond donors (Lipinski definition) is 1. The van der Waals surface area contributed by atoms with Crippen LogP contribution in [-0.2, 0) is 5.60 Å². The highest BCUT2D eigenvalue weighted by Crippen LogP contribution is 2.44. The standard InChI is InChI=1S/C14H17Cl2NO/c1-9-7-14(18,8-17(9)11-3-4-11)12-6-10(15)2-5-13(12)16/h2,5-6,9,11,18H,3-4,7-8H2,1H3. The van der Waals surface area contributed by atoms with Crippen LogP contribution in [0.25, 0.3) is 0 Å². The van der Waals surface area contributed by atoms with Gasteiger partial charge in [0.15, 0.2) is 0 Å². The molecule has 0 radical (unpaired) electrons. The summed E-state index contributed by atoms with van der Waals surface area (Å²) in [6.07, 6.45) is 3.23. The molecule has 1 saturated heterocycles. The minimum absolute atomic E-state index is 0.401. The van der Waals surface area contributed by atoms with Crippen molar-refractivity contribution in [2.75, 3.05) is 6.54 Å². The van der Waals surface area contributed by atoms with E-state index in [1.807, 2.05) is 0 Å². The summed E-state index contributed by atoms with van der Waals surface area (Å²) >= 11 is 12.2. The Morgan fingerprint density at radius 3 is 2.72 bits per heavy atom. The molecule has 2 atom stereocenters. The van der Waals surface area contributed by atoms with E-state index in [0.717, 1.165) is 12.0 Å². The summed E-state index contributed by atoms with van der Waals surface area (Å²) in [5.41, 5.74) is -0.0871. The highest BCUT2D eigenvalue weighted by molar-refractivity contribution is 6.33. The summed E-state index contributed by atoms with van der Waals surface area (Å²) in [4.78, 5) is 2.40. The van der Waals surface area contributed by atoms with Crippen LogP contribution < -0.4 is 0 Å². The number of likely N-dealkylation sites (tertiary alicyclic amines) is 1. The van der Waals surface area contributed by atoms with Gasteiger partial charge in [-0.2, -0.15) is 0 Å². The monoisotopic (exact) mass is 285 g/mol. The Kier molecular flexibility index (Phi) is 3.10. The molecule has 3 rings (SSSR count). The molecule has 98 valence electrons. The van der Waals surface area contributed by atoms with Gasteiger partial charge in [0.2, 0.25) is 0 Å². The SMILES string of the molecule is CC1CC(O)(c2cc(Cl)ccc2Cl)CN1C1CC1. The lowest BCUT2D eigenvalue weighted by molar-refractivity contribution is 0.0453. The van der Waals surface area contributed by atoms with Crippen LogP contribution in [0.2, 0.25) is 10.0 Å². The highest BCUT2D eigenvalue weighted by atomic mass is 35.5. The number of β-amino-alcohol motifs (C(OH)–C–C–N with tert-alkyl or cyclic N) is 1. The zero-order valence-corrected chi connectivity index (χ0v) is 11.9. The molecule has 0 aromatic heterocycles. The van der Waals surface area contributed by atoms with Gasteiger partial charge in [-0.25, -0.2) is 0 Å². The first-order valence-corrected chi connectivity index (χ1v) is 7.19. The molecule has 1 aromatic rings. The van der Waals surface area contributed by atoms with Crippen molar-refractivity contribution in [3.8, 4) is 0 Å². The van der Waals surface area contributed by atoms with Gasteiger partial charge in [0.1, 0.15) is 5.60 Å². The minimum atomic E-state index is -0.857. The Hall–Kier alpha value is -0.280. The van der Waals surface area contributed by atoms with E-state index < -0.39 is 5.60 Å². The maximum atomic E-state index is 10.9. The normalized spacial score (nSPS) is 33.0. The van der Waals surface area contributed by atoms with Gasteiger partial charge >= 0.3 is 0 Å². The second kappa shape index (κ2) is 4.38. The number of aliphatic hydroxyl groups is 1. The average molecular weight is 286 g/mol. The molecule has 1 aromatic carbocycles. The largest absolute Gasteiger partial charge is 0.384 e. The Morgan fingerprint density at radius 2 is 2.06 bits per heavy atom. The van der Waals surface area contributed by atoms with Crippen LogP contribution >= 0.6 is 23.2 Å². The summed E-state index contributed by atoms with van der Waals surface area (Å²) in [5, 5.41) is 12.1. The number of hydrogen-bond acceptors (Lipinski definition) is 2. The Bertz CT molecular complexity index is 475. The lowest BCUT2D eigenvalue weighted by Gasteiger charge is -2.25. The predicted octanol–water partition coefficient (Wildman–Crippen LogP) is 3.44. The summed E-state index contributed by atoms with van der Waals surface area (Å²) in [7, 11) is 0. The molecular weight excluding hydrogens is 269 g/mol. The Balaban J connectivity index is 1.93. The third kappa shape index (κ3) is 2.16. The molecule has 0 amide bonds. The van der Waals surface area contributed by atoms with E-state index >= 15 is 0 Å². The summed E-state index contributed by atoms with van der Waals surface area (Å²) in [6.45, 7) is 2.84. The minimum Gasteiger partial charge on any atom is -0.384 e. The van der Waals surface area contributed by atoms with Crippen molar-refractivity contribution in [1.29, 1.82) is 0 Å². The molecule has 2 nitrogen and oxygen atoms in total. The fraction of sp³-hybridized carbons (Fsp3) is 0.571. The maximum Gasteiger partial charge on any atom is 0.105 e. The number of halogens is 2. The number of benzene rings is 1. The molecule has 0 spiro atoms. The van der Waals surface area contributed by atoms with Crippen molar-refractivity contribution in [2.45, 2.75) is 43.9 Å². The van der Waals surface area contributed by atoms with Crippen LogP contribution in [0.15, 0.2) is 18.2 Å². The molecule has 18 heavy (non-hydrogen) atoms. The molecule has 2 aliphatic rings. The molecule has 1 heterocycles. The zero-order chi connectivity index (χ0) is 12.9. The molecular formula is C14H17Cl2NO. The zero-order valence-electron chi connectivity index (χ0n) is 10.4. The first kappa shape index (κ1) is 12.7. The summed E-state index contributed by atoms with van der Waals surface area (Å²) in [6, 6.07) is 6.38. The number of nitrogens with zero attached hydrogens (tertiary/aromatic N) is 1. The molecule has 2 unspecified atom stereocenters. The van der Waals surface area contributed by atoms with E-state index in [2.05, 4.69) is 11.8 Å². The molecule has 1 N–H and O–H groups in total. The van der Waals surface area contributed by atoms with Gasteiger partial charge in [-0.05, 0) is 44.4 Å². The van der Waals surface area contributed by atoms with E-state index in [1.54, 1.807) is 18.2 Å². The summed E-state index contributed by atoms with van der Waals surface area (Å²) < 4.78 is 0. The van der Waals surface area contributed by atoms with Crippen molar-refractivity contribution in [1.82, 2.24) is 4.90 Å². The van der Waals surface area contributed by atoms with E-state index in [9.17, 15) is 5.11 Å². The topological polar surface area (TPSA) is 23.5 Å². The van der Waals surface area contributed by atoms with Crippen molar-refractivity contribution in [3.63, 3.8) is 0 Å². The quantitative estimate of drug-likeness (QED) is 0.900. The van der Waals surface area contributed by atoms with E-state index in [-0.39, 0.29) is 0 Å². The molecule has 4 heteroatoms. The highest BCUT2D eigenvalue weighted by Gasteiger charge is 2.47. The molecule has 1 aliphatic heterocycles. The number of rotatable bonds is 2. The van der Waals surface area contributed by atoms with Crippen LogP contribution in [0.4, 0.5) is 0 Å². The Morgan fingerprint density at radius 1 is 1.33 bits per heavy atom. The van der Waals surface area contributed by atoms with Crippen LogP contribution in [0.5, 0.6) is 0 Å². The van der Waals surface area contributed by atoms with Crippen LogP contribution in [-0.4, -0.2) is 28.6 Å². The molecule has 2 fully saturated rings. The smallest absolute Gasteiger partial charge is 0.105 e. The third-order valence-electron chi connectivity index (χ3n) is 4.09. The van der Waals surface area contributed by atoms with Gasteiger partial charge in [0.05, 0.1) is 0 Å².